The topological polar surface area (TPSA) is 127 Å². The Hall–Kier alpha value is -2.81. The number of carbonyl (C=O) groups is 2. The van der Waals surface area contributed by atoms with Crippen molar-refractivity contribution in [3.63, 3.8) is 0 Å². The highest BCUT2D eigenvalue weighted by Crippen LogP contribution is 2.56. The molecule has 0 fully saturated rings. The lowest BCUT2D eigenvalue weighted by Crippen LogP contribution is -2.24. The van der Waals surface area contributed by atoms with Crippen LogP contribution in [0, 0.1) is 5.92 Å². The van der Waals surface area contributed by atoms with E-state index in [2.05, 4.69) is 4.99 Å². The molecule has 2 rings (SSSR count). The SMILES string of the molecule is O=C(O)CCC(C[P+](O)(O)C(=Nc1ccccc1C(F)(F)F)c1ccccc1)C(=O)O. The van der Waals surface area contributed by atoms with Crippen molar-refractivity contribution in [2.45, 2.75) is 19.0 Å². The van der Waals surface area contributed by atoms with Crippen molar-refractivity contribution in [1.82, 2.24) is 0 Å². The minimum absolute atomic E-state index is 0.111. The van der Waals surface area contributed by atoms with Crippen LogP contribution in [-0.4, -0.2) is 43.6 Å². The van der Waals surface area contributed by atoms with Gasteiger partial charge in [0.1, 0.15) is 6.16 Å². The molecule has 166 valence electrons. The van der Waals surface area contributed by atoms with Gasteiger partial charge in [0.2, 0.25) is 5.45 Å². The number of benzene rings is 2. The molecule has 0 aliphatic carbocycles. The highest BCUT2D eigenvalue weighted by atomic mass is 31.2. The molecule has 0 aromatic heterocycles. The summed E-state index contributed by atoms with van der Waals surface area (Å²) in [7, 11) is -4.37. The monoisotopic (exact) mass is 458 g/mol. The number of hydrogen-bond donors (Lipinski definition) is 4. The molecule has 1 unspecified atom stereocenters. The van der Waals surface area contributed by atoms with Gasteiger partial charge in [0.15, 0.2) is 0 Å². The lowest BCUT2D eigenvalue weighted by molar-refractivity contribution is -0.142. The van der Waals surface area contributed by atoms with Crippen LogP contribution in [0.5, 0.6) is 0 Å². The summed E-state index contributed by atoms with van der Waals surface area (Å²) in [4.78, 5) is 47.8. The minimum Gasteiger partial charge on any atom is -0.481 e. The fraction of sp³-hybridized carbons (Fsp3) is 0.250. The van der Waals surface area contributed by atoms with Crippen molar-refractivity contribution >= 4 is 30.8 Å². The molecule has 7 nitrogen and oxygen atoms in total. The summed E-state index contributed by atoms with van der Waals surface area (Å²) in [5.41, 5.74) is -2.02. The summed E-state index contributed by atoms with van der Waals surface area (Å²) in [6.45, 7) is 0. The lowest BCUT2D eigenvalue weighted by atomic mass is 10.1. The van der Waals surface area contributed by atoms with E-state index >= 15 is 0 Å². The van der Waals surface area contributed by atoms with Gasteiger partial charge in [-0.1, -0.05) is 30.3 Å². The highest BCUT2D eigenvalue weighted by Gasteiger charge is 2.47. The summed E-state index contributed by atoms with van der Waals surface area (Å²) in [5, 5.41) is 18.1. The van der Waals surface area contributed by atoms with Gasteiger partial charge >= 0.3 is 25.8 Å². The van der Waals surface area contributed by atoms with Crippen LogP contribution in [0.2, 0.25) is 0 Å². The molecule has 0 aliphatic heterocycles. The second-order valence-corrected chi connectivity index (χ2v) is 8.95. The fourth-order valence-corrected chi connectivity index (χ4v) is 4.80. The van der Waals surface area contributed by atoms with Gasteiger partial charge in [-0.25, -0.2) is 14.8 Å². The largest absolute Gasteiger partial charge is 0.481 e. The molecule has 0 aliphatic rings. The molecule has 0 spiro atoms. The Morgan fingerprint density at radius 2 is 1.55 bits per heavy atom. The van der Waals surface area contributed by atoms with Gasteiger partial charge in [0.25, 0.3) is 0 Å². The Morgan fingerprint density at radius 3 is 2.10 bits per heavy atom. The van der Waals surface area contributed by atoms with Crippen molar-refractivity contribution in [1.29, 1.82) is 0 Å². The smallest absolute Gasteiger partial charge is 0.418 e. The van der Waals surface area contributed by atoms with Crippen molar-refractivity contribution in [3.8, 4) is 0 Å². The first-order chi connectivity index (χ1) is 14.4. The van der Waals surface area contributed by atoms with E-state index in [1.54, 1.807) is 6.07 Å². The van der Waals surface area contributed by atoms with E-state index in [1.807, 2.05) is 0 Å². The quantitative estimate of drug-likeness (QED) is 0.330. The molecule has 1 atom stereocenters. The zero-order valence-electron chi connectivity index (χ0n) is 16.0. The van der Waals surface area contributed by atoms with Crippen LogP contribution < -0.4 is 0 Å². The van der Waals surface area contributed by atoms with Crippen LogP contribution in [-0.2, 0) is 15.8 Å². The van der Waals surface area contributed by atoms with E-state index in [1.165, 1.54) is 30.3 Å². The summed E-state index contributed by atoms with van der Waals surface area (Å²) in [5.74, 6) is -4.15. The third-order valence-electron chi connectivity index (χ3n) is 4.34. The third kappa shape index (κ3) is 6.85. The van der Waals surface area contributed by atoms with Crippen molar-refractivity contribution in [3.05, 3.63) is 65.7 Å². The number of carboxylic acids is 2. The summed E-state index contributed by atoms with van der Waals surface area (Å²) >= 11 is 0. The number of nitrogens with zero attached hydrogens (tertiary/aromatic N) is 1. The van der Waals surface area contributed by atoms with Crippen LogP contribution >= 0.6 is 7.72 Å². The molecule has 31 heavy (non-hydrogen) atoms. The van der Waals surface area contributed by atoms with Crippen LogP contribution in [0.3, 0.4) is 0 Å². The van der Waals surface area contributed by atoms with E-state index in [-0.39, 0.29) is 12.0 Å². The Bertz CT molecular complexity index is 963. The van der Waals surface area contributed by atoms with Crippen molar-refractivity contribution in [2.24, 2.45) is 10.9 Å². The maximum Gasteiger partial charge on any atom is 0.418 e. The average Bonchev–Trinajstić information content (AvgIpc) is 2.69. The second-order valence-electron chi connectivity index (χ2n) is 6.70. The van der Waals surface area contributed by atoms with Crippen LogP contribution in [0.4, 0.5) is 18.9 Å². The van der Waals surface area contributed by atoms with Gasteiger partial charge < -0.3 is 10.2 Å². The molecule has 0 amide bonds. The first kappa shape index (κ1) is 24.5. The minimum atomic E-state index is -4.75. The summed E-state index contributed by atoms with van der Waals surface area (Å²) in [6, 6.07) is 11.8. The lowest BCUT2D eigenvalue weighted by Gasteiger charge is -2.19. The Balaban J connectivity index is 2.56. The number of halogens is 3. The molecular formula is C20H20F3NO6P+. The fourth-order valence-electron chi connectivity index (χ4n) is 2.85. The zero-order chi connectivity index (χ0) is 23.2. The molecule has 2 aromatic rings. The van der Waals surface area contributed by atoms with Gasteiger partial charge in [-0.05, 0) is 30.7 Å². The number of alkyl halides is 3. The number of para-hydroxylation sites is 1. The number of aliphatic imine (C=N–C) groups is 1. The molecular weight excluding hydrogens is 438 g/mol. The molecule has 0 saturated carbocycles. The second kappa shape index (κ2) is 10.00. The normalized spacial score (nSPS) is 13.6. The zero-order valence-corrected chi connectivity index (χ0v) is 16.9. The maximum absolute atomic E-state index is 13.4. The maximum atomic E-state index is 13.4. The summed E-state index contributed by atoms with van der Waals surface area (Å²) in [6.07, 6.45) is -6.42. The number of carboxylic acid groups (broad SMARTS) is 2. The molecule has 2 aromatic carbocycles. The molecule has 0 radical (unpaired) electrons. The van der Waals surface area contributed by atoms with Gasteiger partial charge in [-0.15, -0.1) is 0 Å². The van der Waals surface area contributed by atoms with E-state index in [4.69, 9.17) is 5.11 Å². The molecule has 4 N–H and O–H groups in total. The van der Waals surface area contributed by atoms with Gasteiger partial charge in [0, 0.05) is 12.0 Å². The van der Waals surface area contributed by atoms with Crippen molar-refractivity contribution < 1.29 is 42.8 Å². The first-order valence-corrected chi connectivity index (χ1v) is 10.9. The Labute approximate surface area is 176 Å². The van der Waals surface area contributed by atoms with E-state index in [0.29, 0.717) is 0 Å². The molecule has 11 heteroatoms. The predicted octanol–water partition coefficient (Wildman–Crippen LogP) is 4.18. The molecule has 0 heterocycles. The van der Waals surface area contributed by atoms with Gasteiger partial charge in [-0.3, -0.25) is 9.59 Å². The highest BCUT2D eigenvalue weighted by molar-refractivity contribution is 7.82. The van der Waals surface area contributed by atoms with Crippen LogP contribution in [0.1, 0.15) is 24.0 Å². The van der Waals surface area contributed by atoms with Gasteiger partial charge in [0.05, 0.1) is 17.2 Å². The molecule has 0 bridgehead atoms. The molecule has 0 saturated heterocycles. The van der Waals surface area contributed by atoms with Crippen molar-refractivity contribution in [2.75, 3.05) is 6.16 Å². The van der Waals surface area contributed by atoms with E-state index in [9.17, 15) is 37.7 Å². The van der Waals surface area contributed by atoms with Gasteiger partial charge in [-0.2, -0.15) is 13.2 Å². The number of rotatable bonds is 9. The average molecular weight is 458 g/mol. The Morgan fingerprint density at radius 1 is 0.968 bits per heavy atom. The number of aliphatic carboxylic acids is 2. The predicted molar refractivity (Wildman–Crippen MR) is 108 cm³/mol. The number of hydrogen-bond acceptors (Lipinski definition) is 5. The van der Waals surface area contributed by atoms with Crippen LogP contribution in [0.15, 0.2) is 59.6 Å². The van der Waals surface area contributed by atoms with E-state index in [0.717, 1.165) is 18.2 Å². The standard InChI is InChI=1S/C20H19F3NO6P/c21-20(22,23)15-8-4-5-9-16(15)24-18(13-6-2-1-3-7-13)31(29,30)12-14(19(27)28)10-11-17(25)26/h1-9,14,29-30H,10-12H2,(H-,25,26,27,28)/p+1. The summed E-state index contributed by atoms with van der Waals surface area (Å²) < 4.78 is 40.1. The van der Waals surface area contributed by atoms with E-state index < -0.39 is 61.0 Å². The third-order valence-corrected chi connectivity index (χ3v) is 6.32. The Kier molecular flexibility index (Phi) is 7.89. The first-order valence-electron chi connectivity index (χ1n) is 9.01. The van der Waals surface area contributed by atoms with Crippen LogP contribution in [0.25, 0.3) is 0 Å².